The van der Waals surface area contributed by atoms with Gasteiger partial charge in [-0.3, -0.25) is 24.0 Å². The van der Waals surface area contributed by atoms with Crippen molar-refractivity contribution in [3.63, 3.8) is 0 Å². The minimum Gasteiger partial charge on any atom is -0.444 e. The summed E-state index contributed by atoms with van der Waals surface area (Å²) in [6, 6.07) is 4.59. The van der Waals surface area contributed by atoms with E-state index in [1.54, 1.807) is 46.0 Å². The molecule has 2 aromatic rings. The van der Waals surface area contributed by atoms with Gasteiger partial charge in [-0.15, -0.1) is 0 Å². The number of aromatic nitrogens is 2. The van der Waals surface area contributed by atoms with E-state index in [0.717, 1.165) is 0 Å². The zero-order chi connectivity index (χ0) is 22.8. The fourth-order valence-electron chi connectivity index (χ4n) is 3.47. The molecule has 31 heavy (non-hydrogen) atoms. The number of alkyl carbamates (subject to hydrolysis) is 1. The number of imide groups is 1. The van der Waals surface area contributed by atoms with Gasteiger partial charge in [-0.25, -0.2) is 9.59 Å². The first kappa shape index (κ1) is 22.2. The maximum absolute atomic E-state index is 12.9. The maximum atomic E-state index is 12.9. The van der Waals surface area contributed by atoms with Crippen molar-refractivity contribution in [3.8, 4) is 11.8 Å². The molecule has 9 heteroatoms. The van der Waals surface area contributed by atoms with Crippen LogP contribution in [0.15, 0.2) is 23.0 Å². The van der Waals surface area contributed by atoms with Crippen LogP contribution in [0.25, 0.3) is 11.0 Å². The Balaban J connectivity index is 1.81. The average Bonchev–Trinajstić information content (AvgIpc) is 2.92. The summed E-state index contributed by atoms with van der Waals surface area (Å²) in [6.45, 7) is 5.70. The van der Waals surface area contributed by atoms with Crippen molar-refractivity contribution in [1.82, 2.24) is 19.8 Å². The molecule has 1 aromatic carbocycles. The third-order valence-corrected chi connectivity index (χ3v) is 4.77. The summed E-state index contributed by atoms with van der Waals surface area (Å²) in [7, 11) is 1.63. The fraction of sp³-hybridized carbons (Fsp3) is 0.455. The van der Waals surface area contributed by atoms with Crippen molar-refractivity contribution in [1.29, 1.82) is 0 Å². The molecule has 0 spiro atoms. The number of fused-ring (bicyclic) bond motifs is 1. The number of nitrogens with zero attached hydrogens (tertiary/aromatic N) is 2. The summed E-state index contributed by atoms with van der Waals surface area (Å²) in [5.74, 6) is 5.23. The topological polar surface area (TPSA) is 111 Å². The number of hydrogen-bond acceptors (Lipinski definition) is 5. The second-order valence-electron chi connectivity index (χ2n) is 8.33. The average molecular weight is 426 g/mol. The quantitative estimate of drug-likeness (QED) is 0.440. The van der Waals surface area contributed by atoms with Gasteiger partial charge in [0.1, 0.15) is 11.6 Å². The zero-order valence-electron chi connectivity index (χ0n) is 18.1. The molecule has 0 radical (unpaired) electrons. The van der Waals surface area contributed by atoms with Gasteiger partial charge in [0.15, 0.2) is 0 Å². The van der Waals surface area contributed by atoms with Gasteiger partial charge in [0.05, 0.1) is 16.6 Å². The largest absolute Gasteiger partial charge is 0.444 e. The Kier molecular flexibility index (Phi) is 6.20. The van der Waals surface area contributed by atoms with Gasteiger partial charge in [0, 0.05) is 26.4 Å². The predicted octanol–water partition coefficient (Wildman–Crippen LogP) is 1.58. The molecule has 1 aromatic heterocycles. The first-order chi connectivity index (χ1) is 14.6. The Morgan fingerprint density at radius 1 is 1.29 bits per heavy atom. The number of ether oxygens (including phenoxy) is 1. The number of piperidine rings is 1. The van der Waals surface area contributed by atoms with Crippen LogP contribution in [0, 0.1) is 11.8 Å². The summed E-state index contributed by atoms with van der Waals surface area (Å²) < 4.78 is 8.06. The maximum Gasteiger partial charge on any atom is 0.407 e. The number of para-hydroxylation sites is 1. The van der Waals surface area contributed by atoms with E-state index in [-0.39, 0.29) is 24.4 Å². The molecule has 2 N–H and O–H groups in total. The van der Waals surface area contributed by atoms with Crippen LogP contribution in [0.4, 0.5) is 4.79 Å². The molecular weight excluding hydrogens is 400 g/mol. The van der Waals surface area contributed by atoms with Crippen molar-refractivity contribution in [2.45, 2.75) is 51.7 Å². The highest BCUT2D eigenvalue weighted by molar-refractivity contribution is 6.00. The number of imidazole rings is 1. The normalized spacial score (nSPS) is 16.5. The summed E-state index contributed by atoms with van der Waals surface area (Å²) in [4.78, 5) is 48.3. The molecule has 0 bridgehead atoms. The van der Waals surface area contributed by atoms with E-state index in [4.69, 9.17) is 4.74 Å². The number of rotatable bonds is 3. The first-order valence-corrected chi connectivity index (χ1v) is 10.1. The molecule has 3 amide bonds. The highest BCUT2D eigenvalue weighted by Gasteiger charge is 2.31. The third-order valence-electron chi connectivity index (χ3n) is 4.77. The van der Waals surface area contributed by atoms with Crippen LogP contribution < -0.4 is 16.3 Å². The lowest BCUT2D eigenvalue weighted by Gasteiger charge is -2.21. The van der Waals surface area contributed by atoms with E-state index in [2.05, 4.69) is 22.5 Å². The number of nitrogens with one attached hydrogen (secondary N) is 2. The number of amides is 3. The summed E-state index contributed by atoms with van der Waals surface area (Å²) in [5, 5.41) is 4.94. The third kappa shape index (κ3) is 4.97. The van der Waals surface area contributed by atoms with Crippen LogP contribution in [0.2, 0.25) is 0 Å². The van der Waals surface area contributed by atoms with Crippen LogP contribution in [-0.2, 0) is 21.4 Å². The van der Waals surface area contributed by atoms with Crippen molar-refractivity contribution in [3.05, 3.63) is 34.2 Å². The number of carbonyl (C=O) groups is 3. The highest BCUT2D eigenvalue weighted by Crippen LogP contribution is 2.24. The minimum absolute atomic E-state index is 0.184. The monoisotopic (exact) mass is 426 g/mol. The Morgan fingerprint density at radius 2 is 2.03 bits per heavy atom. The van der Waals surface area contributed by atoms with Gasteiger partial charge < -0.3 is 10.1 Å². The molecule has 164 valence electrons. The summed E-state index contributed by atoms with van der Waals surface area (Å²) >= 11 is 0. The molecule has 2 heterocycles. The standard InChI is InChI=1S/C22H26N4O5/c1-22(2,3)31-20(29)23-13-6-5-8-14-9-7-10-15-18(14)25(4)21(30)26(15)16-11-12-17(27)24-19(16)28/h7,9-10,16H,6,11-13H2,1-4H3,(H,23,29)(H,24,27,28). The molecule has 1 atom stereocenters. The molecule has 1 fully saturated rings. The number of aryl methyl sites for hydroxylation is 1. The van der Waals surface area contributed by atoms with Crippen LogP contribution in [0.3, 0.4) is 0 Å². The molecule has 1 unspecified atom stereocenters. The first-order valence-electron chi connectivity index (χ1n) is 10.1. The van der Waals surface area contributed by atoms with Crippen LogP contribution in [0.5, 0.6) is 0 Å². The molecule has 9 nitrogen and oxygen atoms in total. The summed E-state index contributed by atoms with van der Waals surface area (Å²) in [5.41, 5.74) is 0.933. The SMILES string of the molecule is Cn1c(=O)n(C2CCC(=O)NC2=O)c2cccc(C#CCCNC(=O)OC(C)(C)C)c21. The van der Waals surface area contributed by atoms with Crippen molar-refractivity contribution in [2.24, 2.45) is 7.05 Å². The van der Waals surface area contributed by atoms with Crippen molar-refractivity contribution in [2.75, 3.05) is 6.54 Å². The Bertz CT molecular complexity index is 1160. The van der Waals surface area contributed by atoms with Gasteiger partial charge in [-0.2, -0.15) is 0 Å². The number of hydrogen-bond donors (Lipinski definition) is 2. The summed E-state index contributed by atoms with van der Waals surface area (Å²) in [6.07, 6.45) is 0.358. The minimum atomic E-state index is -0.741. The second-order valence-corrected chi connectivity index (χ2v) is 8.33. The molecule has 0 aliphatic carbocycles. The highest BCUT2D eigenvalue weighted by atomic mass is 16.6. The predicted molar refractivity (Wildman–Crippen MR) is 114 cm³/mol. The second kappa shape index (κ2) is 8.68. The van der Waals surface area contributed by atoms with Gasteiger partial charge >= 0.3 is 11.8 Å². The molecule has 1 aliphatic rings. The van der Waals surface area contributed by atoms with E-state index in [1.165, 1.54) is 9.13 Å². The lowest BCUT2D eigenvalue weighted by atomic mass is 10.1. The fourth-order valence-corrected chi connectivity index (χ4v) is 3.47. The number of benzene rings is 1. The van der Waals surface area contributed by atoms with Crippen LogP contribution in [0.1, 0.15) is 51.6 Å². The van der Waals surface area contributed by atoms with Crippen molar-refractivity contribution < 1.29 is 19.1 Å². The van der Waals surface area contributed by atoms with Crippen molar-refractivity contribution >= 4 is 28.9 Å². The zero-order valence-corrected chi connectivity index (χ0v) is 18.1. The van der Waals surface area contributed by atoms with Crippen LogP contribution >= 0.6 is 0 Å². The van der Waals surface area contributed by atoms with Gasteiger partial charge in [-0.1, -0.05) is 17.9 Å². The Labute approximate surface area is 179 Å². The Hall–Kier alpha value is -3.54. The van der Waals surface area contributed by atoms with E-state index < -0.39 is 23.6 Å². The lowest BCUT2D eigenvalue weighted by molar-refractivity contribution is -0.135. The van der Waals surface area contributed by atoms with E-state index >= 15 is 0 Å². The van der Waals surface area contributed by atoms with E-state index in [9.17, 15) is 19.2 Å². The van der Waals surface area contributed by atoms with E-state index in [0.29, 0.717) is 29.6 Å². The molecule has 1 aliphatic heterocycles. The molecule has 3 rings (SSSR count). The molecule has 0 saturated carbocycles. The van der Waals surface area contributed by atoms with Gasteiger partial charge in [0.25, 0.3) is 0 Å². The number of carbonyl (C=O) groups excluding carboxylic acids is 3. The molecule has 1 saturated heterocycles. The Morgan fingerprint density at radius 3 is 2.71 bits per heavy atom. The molecular formula is C22H26N4O5. The van der Waals surface area contributed by atoms with Crippen LogP contribution in [-0.4, -0.2) is 39.2 Å². The van der Waals surface area contributed by atoms with E-state index in [1.807, 2.05) is 0 Å². The van der Waals surface area contributed by atoms with Gasteiger partial charge in [-0.05, 0) is 39.3 Å². The smallest absolute Gasteiger partial charge is 0.407 e. The van der Waals surface area contributed by atoms with Gasteiger partial charge in [0.2, 0.25) is 11.8 Å². The lowest BCUT2D eigenvalue weighted by Crippen LogP contribution is -2.44.